The highest BCUT2D eigenvalue weighted by atomic mass is 19.1. The molecule has 0 radical (unpaired) electrons. The molecule has 0 atom stereocenters. The van der Waals surface area contributed by atoms with Gasteiger partial charge in [0.15, 0.2) is 0 Å². The normalized spacial score (nSPS) is 26.5. The number of nitrogens with one attached hydrogen (secondary N) is 1. The number of carbonyl (C=O) groups excluding carboxylic acids is 1. The number of anilines is 1. The third kappa shape index (κ3) is 2.31. The zero-order valence-corrected chi connectivity index (χ0v) is 10.5. The number of benzene rings is 1. The predicted molar refractivity (Wildman–Crippen MR) is 66.7 cm³/mol. The van der Waals surface area contributed by atoms with Crippen molar-refractivity contribution in [3.63, 3.8) is 0 Å². The molecule has 0 aliphatic heterocycles. The lowest BCUT2D eigenvalue weighted by atomic mass is 9.73. The molecule has 3 N–H and O–H groups in total. The molecular formula is C13H17FN2O2. The van der Waals surface area contributed by atoms with Crippen LogP contribution in [0.15, 0.2) is 18.2 Å². The van der Waals surface area contributed by atoms with Crippen molar-refractivity contribution in [3.8, 4) is 0 Å². The third-order valence-corrected chi connectivity index (χ3v) is 3.38. The number of ether oxygens (including phenoxy) is 1. The monoisotopic (exact) mass is 252 g/mol. The molecule has 0 aromatic heterocycles. The summed E-state index contributed by atoms with van der Waals surface area (Å²) in [6.45, 7) is 1.80. The molecule has 0 unspecified atom stereocenters. The number of carbonyl (C=O) groups is 1. The Bertz CT molecular complexity index is 450. The second kappa shape index (κ2) is 4.57. The SMILES string of the molecule is COC1CC(Nc2cc(C)cc(F)c2)(C(N)=O)C1. The number of aryl methyl sites for hydroxylation is 1. The maximum Gasteiger partial charge on any atom is 0.243 e. The first-order valence-corrected chi connectivity index (χ1v) is 5.83. The molecule has 1 fully saturated rings. The lowest BCUT2D eigenvalue weighted by molar-refractivity contribution is -0.130. The highest BCUT2D eigenvalue weighted by Crippen LogP contribution is 2.37. The molecular weight excluding hydrogens is 235 g/mol. The molecule has 1 aliphatic rings. The van der Waals surface area contributed by atoms with Gasteiger partial charge in [0.1, 0.15) is 11.4 Å². The number of nitrogens with two attached hydrogens (primary N) is 1. The van der Waals surface area contributed by atoms with Gasteiger partial charge in [-0.3, -0.25) is 4.79 Å². The minimum absolute atomic E-state index is 0.0275. The van der Waals surface area contributed by atoms with Crippen LogP contribution in [0.2, 0.25) is 0 Å². The number of halogens is 1. The zero-order valence-electron chi connectivity index (χ0n) is 10.5. The van der Waals surface area contributed by atoms with Crippen molar-refractivity contribution in [2.45, 2.75) is 31.4 Å². The number of methoxy groups -OCH3 is 1. The van der Waals surface area contributed by atoms with Crippen molar-refractivity contribution >= 4 is 11.6 Å². The van der Waals surface area contributed by atoms with E-state index in [9.17, 15) is 9.18 Å². The molecule has 1 amide bonds. The van der Waals surface area contributed by atoms with E-state index in [1.54, 1.807) is 20.1 Å². The number of hydrogen-bond acceptors (Lipinski definition) is 3. The van der Waals surface area contributed by atoms with Gasteiger partial charge in [-0.1, -0.05) is 0 Å². The average molecular weight is 252 g/mol. The second-order valence-corrected chi connectivity index (χ2v) is 4.85. The summed E-state index contributed by atoms with van der Waals surface area (Å²) in [6.07, 6.45) is 1.04. The van der Waals surface area contributed by atoms with Crippen LogP contribution in [0.3, 0.4) is 0 Å². The van der Waals surface area contributed by atoms with Crippen molar-refractivity contribution in [1.29, 1.82) is 0 Å². The van der Waals surface area contributed by atoms with E-state index in [2.05, 4.69) is 5.32 Å². The lowest BCUT2D eigenvalue weighted by Crippen LogP contribution is -2.61. The van der Waals surface area contributed by atoms with Crippen LogP contribution in [0.5, 0.6) is 0 Å². The largest absolute Gasteiger partial charge is 0.381 e. The molecule has 0 saturated heterocycles. The van der Waals surface area contributed by atoms with Crippen LogP contribution >= 0.6 is 0 Å². The van der Waals surface area contributed by atoms with E-state index in [1.165, 1.54) is 12.1 Å². The molecule has 4 nitrogen and oxygen atoms in total. The van der Waals surface area contributed by atoms with Gasteiger partial charge < -0.3 is 15.8 Å². The zero-order chi connectivity index (χ0) is 13.3. The van der Waals surface area contributed by atoms with Gasteiger partial charge in [-0.15, -0.1) is 0 Å². The fourth-order valence-electron chi connectivity index (χ4n) is 2.33. The van der Waals surface area contributed by atoms with Crippen LogP contribution < -0.4 is 11.1 Å². The fraction of sp³-hybridized carbons (Fsp3) is 0.462. The standard InChI is InChI=1S/C13H17FN2O2/c1-8-3-9(14)5-10(4-8)16-13(12(15)17)6-11(7-13)18-2/h3-5,11,16H,6-7H2,1-2H3,(H2,15,17). The van der Waals surface area contributed by atoms with Crippen LogP contribution in [-0.4, -0.2) is 24.7 Å². The molecule has 1 aliphatic carbocycles. The van der Waals surface area contributed by atoms with E-state index in [0.29, 0.717) is 18.5 Å². The van der Waals surface area contributed by atoms with Gasteiger partial charge in [-0.25, -0.2) is 4.39 Å². The molecule has 5 heteroatoms. The van der Waals surface area contributed by atoms with Crippen molar-refractivity contribution < 1.29 is 13.9 Å². The number of hydrogen-bond donors (Lipinski definition) is 2. The predicted octanol–water partition coefficient (Wildman–Crippen LogP) is 1.58. The Hall–Kier alpha value is -1.62. The second-order valence-electron chi connectivity index (χ2n) is 4.85. The number of amides is 1. The van der Waals surface area contributed by atoms with E-state index >= 15 is 0 Å². The third-order valence-electron chi connectivity index (χ3n) is 3.38. The van der Waals surface area contributed by atoms with E-state index in [-0.39, 0.29) is 11.9 Å². The number of rotatable bonds is 4. The quantitative estimate of drug-likeness (QED) is 0.855. The minimum Gasteiger partial charge on any atom is -0.381 e. The van der Waals surface area contributed by atoms with Gasteiger partial charge in [-0.05, 0) is 30.7 Å². The first kappa shape index (κ1) is 12.8. The molecule has 0 heterocycles. The van der Waals surface area contributed by atoms with Gasteiger partial charge in [0.25, 0.3) is 0 Å². The maximum atomic E-state index is 13.3. The summed E-state index contributed by atoms with van der Waals surface area (Å²) in [5, 5.41) is 3.04. The molecule has 1 aromatic carbocycles. The smallest absolute Gasteiger partial charge is 0.243 e. The molecule has 0 spiro atoms. The summed E-state index contributed by atoms with van der Waals surface area (Å²) in [5.41, 5.74) is 5.97. The first-order valence-electron chi connectivity index (χ1n) is 5.83. The van der Waals surface area contributed by atoms with Gasteiger partial charge in [-0.2, -0.15) is 0 Å². The van der Waals surface area contributed by atoms with Crippen molar-refractivity contribution in [3.05, 3.63) is 29.6 Å². The van der Waals surface area contributed by atoms with Crippen LogP contribution in [0.4, 0.5) is 10.1 Å². The highest BCUT2D eigenvalue weighted by molar-refractivity contribution is 5.89. The topological polar surface area (TPSA) is 64.3 Å². The Morgan fingerprint density at radius 2 is 2.17 bits per heavy atom. The average Bonchev–Trinajstić information content (AvgIpc) is 2.20. The van der Waals surface area contributed by atoms with Crippen LogP contribution in [0.1, 0.15) is 18.4 Å². The molecule has 1 aromatic rings. The summed E-state index contributed by atoms with van der Waals surface area (Å²) in [4.78, 5) is 11.5. The summed E-state index contributed by atoms with van der Waals surface area (Å²) >= 11 is 0. The minimum atomic E-state index is -0.819. The summed E-state index contributed by atoms with van der Waals surface area (Å²) in [7, 11) is 1.60. The fourth-order valence-corrected chi connectivity index (χ4v) is 2.33. The molecule has 98 valence electrons. The highest BCUT2D eigenvalue weighted by Gasteiger charge is 2.49. The summed E-state index contributed by atoms with van der Waals surface area (Å²) < 4.78 is 18.4. The van der Waals surface area contributed by atoms with Crippen molar-refractivity contribution in [2.75, 3.05) is 12.4 Å². The molecule has 0 bridgehead atoms. The van der Waals surface area contributed by atoms with E-state index < -0.39 is 11.4 Å². The Morgan fingerprint density at radius 3 is 2.67 bits per heavy atom. The van der Waals surface area contributed by atoms with Crippen LogP contribution in [0.25, 0.3) is 0 Å². The van der Waals surface area contributed by atoms with Gasteiger partial charge in [0.05, 0.1) is 6.10 Å². The lowest BCUT2D eigenvalue weighted by Gasteiger charge is -2.45. The summed E-state index contributed by atoms with van der Waals surface area (Å²) in [6, 6.07) is 4.58. The maximum absolute atomic E-state index is 13.3. The van der Waals surface area contributed by atoms with Crippen molar-refractivity contribution in [2.24, 2.45) is 5.73 Å². The van der Waals surface area contributed by atoms with E-state index in [1.807, 2.05) is 0 Å². The molecule has 1 saturated carbocycles. The van der Waals surface area contributed by atoms with Crippen molar-refractivity contribution in [1.82, 2.24) is 0 Å². The van der Waals surface area contributed by atoms with E-state index in [4.69, 9.17) is 10.5 Å². The van der Waals surface area contributed by atoms with Gasteiger partial charge >= 0.3 is 0 Å². The van der Waals surface area contributed by atoms with E-state index in [0.717, 1.165) is 5.56 Å². The summed E-state index contributed by atoms with van der Waals surface area (Å²) in [5.74, 6) is -0.766. The van der Waals surface area contributed by atoms with Crippen LogP contribution in [-0.2, 0) is 9.53 Å². The van der Waals surface area contributed by atoms with Crippen LogP contribution in [0, 0.1) is 12.7 Å². The Labute approximate surface area is 105 Å². The molecule has 2 rings (SSSR count). The Morgan fingerprint density at radius 1 is 1.50 bits per heavy atom. The molecule has 18 heavy (non-hydrogen) atoms. The van der Waals surface area contributed by atoms with Gasteiger partial charge in [0.2, 0.25) is 5.91 Å². The Kier molecular flexibility index (Phi) is 3.26. The number of primary amides is 1. The van der Waals surface area contributed by atoms with Gasteiger partial charge in [0, 0.05) is 25.6 Å². The first-order chi connectivity index (χ1) is 8.45. The Balaban J connectivity index is 2.18.